The number of amides is 2. The van der Waals surface area contributed by atoms with Crippen molar-refractivity contribution < 1.29 is 19.5 Å². The number of piperidine rings is 1. The van der Waals surface area contributed by atoms with Crippen LogP contribution < -0.4 is 5.32 Å². The molecule has 0 radical (unpaired) electrons. The van der Waals surface area contributed by atoms with Gasteiger partial charge < -0.3 is 15.3 Å². The molecule has 2 amide bonds. The van der Waals surface area contributed by atoms with Crippen LogP contribution in [0.1, 0.15) is 38.5 Å². The molecule has 2 fully saturated rings. The Labute approximate surface area is 112 Å². The molecule has 2 N–H and O–H groups in total. The fourth-order valence-corrected chi connectivity index (χ4v) is 2.29. The van der Waals surface area contributed by atoms with Gasteiger partial charge in [-0.3, -0.25) is 14.4 Å². The van der Waals surface area contributed by atoms with Crippen LogP contribution in [-0.4, -0.2) is 46.9 Å². The van der Waals surface area contributed by atoms with Crippen molar-refractivity contribution in [3.8, 4) is 0 Å². The Morgan fingerprint density at radius 1 is 1.32 bits per heavy atom. The third kappa shape index (κ3) is 4.22. The van der Waals surface area contributed by atoms with Crippen LogP contribution in [0.25, 0.3) is 0 Å². The summed E-state index contributed by atoms with van der Waals surface area (Å²) in [6.07, 6.45) is 3.85. The quantitative estimate of drug-likeness (QED) is 0.728. The zero-order chi connectivity index (χ0) is 13.8. The van der Waals surface area contributed by atoms with Gasteiger partial charge in [-0.25, -0.2) is 0 Å². The van der Waals surface area contributed by atoms with Crippen LogP contribution >= 0.6 is 0 Å². The maximum atomic E-state index is 11.7. The van der Waals surface area contributed by atoms with Gasteiger partial charge in [0.15, 0.2) is 0 Å². The minimum absolute atomic E-state index is 0.0000936. The predicted molar refractivity (Wildman–Crippen MR) is 67.3 cm³/mol. The second-order valence-corrected chi connectivity index (χ2v) is 5.36. The zero-order valence-corrected chi connectivity index (χ0v) is 10.9. The van der Waals surface area contributed by atoms with Crippen LogP contribution in [0, 0.1) is 5.92 Å². The average Bonchev–Trinajstić information content (AvgIpc) is 3.15. The molecule has 19 heavy (non-hydrogen) atoms. The van der Waals surface area contributed by atoms with E-state index >= 15 is 0 Å². The summed E-state index contributed by atoms with van der Waals surface area (Å²) in [5.41, 5.74) is 0. The molecule has 1 atom stereocenters. The normalized spacial score (nSPS) is 23.3. The van der Waals surface area contributed by atoms with E-state index in [1.807, 2.05) is 0 Å². The molecule has 0 aromatic carbocycles. The van der Waals surface area contributed by atoms with Crippen LogP contribution in [0.15, 0.2) is 0 Å². The number of nitrogens with one attached hydrogen (secondary N) is 1. The molecule has 0 aromatic heterocycles. The first kappa shape index (κ1) is 13.8. The van der Waals surface area contributed by atoms with Gasteiger partial charge in [-0.2, -0.15) is 0 Å². The molecule has 1 saturated carbocycles. The Morgan fingerprint density at radius 3 is 2.68 bits per heavy atom. The topological polar surface area (TPSA) is 86.7 Å². The lowest BCUT2D eigenvalue weighted by Crippen LogP contribution is -2.43. The Balaban J connectivity index is 1.69. The molecule has 1 heterocycles. The van der Waals surface area contributed by atoms with Crippen molar-refractivity contribution in [2.24, 2.45) is 5.92 Å². The molecule has 6 heteroatoms. The second-order valence-electron chi connectivity index (χ2n) is 5.36. The number of hydrogen-bond acceptors (Lipinski definition) is 3. The predicted octanol–water partition coefficient (Wildman–Crippen LogP) is 0.368. The van der Waals surface area contributed by atoms with Gasteiger partial charge >= 0.3 is 5.97 Å². The summed E-state index contributed by atoms with van der Waals surface area (Å²) in [5.74, 6) is -1.27. The lowest BCUT2D eigenvalue weighted by molar-refractivity contribution is -0.147. The van der Waals surface area contributed by atoms with E-state index in [9.17, 15) is 14.4 Å². The number of rotatable bonds is 6. The molecular formula is C13H20N2O4. The van der Waals surface area contributed by atoms with Gasteiger partial charge in [0, 0.05) is 32.0 Å². The SMILES string of the molecule is O=C(CCCN1CC(C(=O)O)CCC1=O)NC1CC1. The Bertz CT molecular complexity index is 379. The number of carbonyl (C=O) groups excluding carboxylic acids is 2. The summed E-state index contributed by atoms with van der Waals surface area (Å²) in [6.45, 7) is 0.749. The van der Waals surface area contributed by atoms with Crippen molar-refractivity contribution in [2.75, 3.05) is 13.1 Å². The molecule has 1 saturated heterocycles. The highest BCUT2D eigenvalue weighted by atomic mass is 16.4. The van der Waals surface area contributed by atoms with Gasteiger partial charge in [0.25, 0.3) is 0 Å². The van der Waals surface area contributed by atoms with Crippen molar-refractivity contribution in [2.45, 2.75) is 44.6 Å². The first-order valence-corrected chi connectivity index (χ1v) is 6.86. The van der Waals surface area contributed by atoms with Gasteiger partial charge in [-0.15, -0.1) is 0 Å². The van der Waals surface area contributed by atoms with E-state index in [4.69, 9.17) is 5.11 Å². The average molecular weight is 268 g/mol. The van der Waals surface area contributed by atoms with Crippen molar-refractivity contribution in [3.05, 3.63) is 0 Å². The molecular weight excluding hydrogens is 248 g/mol. The number of carboxylic acid groups (broad SMARTS) is 1. The number of likely N-dealkylation sites (tertiary alicyclic amines) is 1. The lowest BCUT2D eigenvalue weighted by Gasteiger charge is -2.30. The molecule has 1 aliphatic carbocycles. The highest BCUT2D eigenvalue weighted by Gasteiger charge is 2.29. The van der Waals surface area contributed by atoms with Gasteiger partial charge in [-0.1, -0.05) is 0 Å². The Hall–Kier alpha value is -1.59. The fourth-order valence-electron chi connectivity index (χ4n) is 2.29. The summed E-state index contributed by atoms with van der Waals surface area (Å²) < 4.78 is 0. The highest BCUT2D eigenvalue weighted by molar-refractivity contribution is 5.80. The smallest absolute Gasteiger partial charge is 0.308 e. The van der Waals surface area contributed by atoms with Crippen molar-refractivity contribution in [1.29, 1.82) is 0 Å². The van der Waals surface area contributed by atoms with Crippen molar-refractivity contribution >= 4 is 17.8 Å². The number of aliphatic carboxylic acids is 1. The molecule has 1 aliphatic heterocycles. The lowest BCUT2D eigenvalue weighted by atomic mass is 9.97. The Morgan fingerprint density at radius 2 is 2.05 bits per heavy atom. The van der Waals surface area contributed by atoms with Gasteiger partial charge in [0.05, 0.1) is 5.92 Å². The third-order valence-electron chi connectivity index (χ3n) is 3.62. The van der Waals surface area contributed by atoms with Crippen LogP contribution in [0.5, 0.6) is 0 Å². The first-order chi connectivity index (χ1) is 9.06. The molecule has 6 nitrogen and oxygen atoms in total. The third-order valence-corrected chi connectivity index (χ3v) is 3.62. The van der Waals surface area contributed by atoms with E-state index in [2.05, 4.69) is 5.32 Å². The summed E-state index contributed by atoms with van der Waals surface area (Å²) in [5, 5.41) is 11.9. The molecule has 0 bridgehead atoms. The molecule has 2 rings (SSSR count). The number of carboxylic acids is 1. The number of carbonyl (C=O) groups is 3. The van der Waals surface area contributed by atoms with E-state index in [1.165, 1.54) is 0 Å². The number of nitrogens with zero attached hydrogens (tertiary/aromatic N) is 1. The van der Waals surface area contributed by atoms with Crippen molar-refractivity contribution in [3.63, 3.8) is 0 Å². The summed E-state index contributed by atoms with van der Waals surface area (Å²) in [7, 11) is 0. The fraction of sp³-hybridized carbons (Fsp3) is 0.769. The van der Waals surface area contributed by atoms with Crippen LogP contribution in [0.3, 0.4) is 0 Å². The van der Waals surface area contributed by atoms with E-state index in [1.54, 1.807) is 4.90 Å². The minimum Gasteiger partial charge on any atom is -0.481 e. The molecule has 2 aliphatic rings. The second kappa shape index (κ2) is 6.04. The van der Waals surface area contributed by atoms with Gasteiger partial charge in [0.2, 0.25) is 11.8 Å². The minimum atomic E-state index is -0.844. The standard InChI is InChI=1S/C13H20N2O4/c16-11(14-10-4-5-10)2-1-7-15-8-9(13(18)19)3-6-12(15)17/h9-10H,1-8H2,(H,14,16)(H,18,19). The molecule has 1 unspecified atom stereocenters. The van der Waals surface area contributed by atoms with Crippen LogP contribution in [0.2, 0.25) is 0 Å². The highest BCUT2D eigenvalue weighted by Crippen LogP contribution is 2.20. The Kier molecular flexibility index (Phi) is 4.39. The van der Waals surface area contributed by atoms with Crippen LogP contribution in [-0.2, 0) is 14.4 Å². The van der Waals surface area contributed by atoms with Gasteiger partial charge in [0.1, 0.15) is 0 Å². The van der Waals surface area contributed by atoms with E-state index < -0.39 is 11.9 Å². The molecule has 0 spiro atoms. The zero-order valence-electron chi connectivity index (χ0n) is 10.9. The van der Waals surface area contributed by atoms with E-state index in [-0.39, 0.29) is 18.4 Å². The summed E-state index contributed by atoms with van der Waals surface area (Å²) in [4.78, 5) is 35.6. The largest absolute Gasteiger partial charge is 0.481 e. The van der Waals surface area contributed by atoms with Gasteiger partial charge in [-0.05, 0) is 25.7 Å². The summed E-state index contributed by atoms with van der Waals surface area (Å²) in [6, 6.07) is 0.362. The van der Waals surface area contributed by atoms with Crippen molar-refractivity contribution in [1.82, 2.24) is 10.2 Å². The first-order valence-electron chi connectivity index (χ1n) is 6.86. The maximum absolute atomic E-state index is 11.7. The molecule has 106 valence electrons. The monoisotopic (exact) mass is 268 g/mol. The van der Waals surface area contributed by atoms with E-state index in [0.717, 1.165) is 12.8 Å². The van der Waals surface area contributed by atoms with Crippen LogP contribution in [0.4, 0.5) is 0 Å². The maximum Gasteiger partial charge on any atom is 0.308 e. The summed E-state index contributed by atoms with van der Waals surface area (Å²) >= 11 is 0. The molecule has 0 aromatic rings. The van der Waals surface area contributed by atoms with E-state index in [0.29, 0.717) is 38.3 Å². The number of hydrogen-bond donors (Lipinski definition) is 2.